The van der Waals surface area contributed by atoms with Crippen molar-refractivity contribution in [3.63, 3.8) is 0 Å². The minimum Gasteiger partial charge on any atom is -0.492 e. The zero-order valence-electron chi connectivity index (χ0n) is 21.3. The molecular weight excluding hydrogens is 504 g/mol. The van der Waals surface area contributed by atoms with Crippen molar-refractivity contribution in [3.8, 4) is 11.8 Å². The van der Waals surface area contributed by atoms with Crippen molar-refractivity contribution in [1.82, 2.24) is 19.7 Å². The van der Waals surface area contributed by atoms with Crippen LogP contribution in [0.3, 0.4) is 0 Å². The molecule has 1 aliphatic rings. The lowest BCUT2D eigenvalue weighted by atomic mass is 9.92. The molecule has 2 aromatic carbocycles. The Balaban J connectivity index is 1.38. The van der Waals surface area contributed by atoms with E-state index in [2.05, 4.69) is 10.1 Å². The molecular formula is C28H29ClN6O3. The summed E-state index contributed by atoms with van der Waals surface area (Å²) in [6.45, 7) is 5.74. The Morgan fingerprint density at radius 3 is 2.79 bits per heavy atom. The first-order valence-electron chi connectivity index (χ1n) is 12.5. The van der Waals surface area contributed by atoms with Crippen molar-refractivity contribution in [2.24, 2.45) is 5.92 Å². The lowest BCUT2D eigenvalue weighted by Gasteiger charge is -2.35. The fourth-order valence-corrected chi connectivity index (χ4v) is 4.94. The van der Waals surface area contributed by atoms with Crippen LogP contribution in [0, 0.1) is 17.2 Å². The topological polar surface area (TPSA) is 122 Å². The van der Waals surface area contributed by atoms with E-state index < -0.39 is 0 Å². The maximum atomic E-state index is 13.2. The predicted molar refractivity (Wildman–Crippen MR) is 145 cm³/mol. The van der Waals surface area contributed by atoms with Crippen LogP contribution >= 0.6 is 11.6 Å². The van der Waals surface area contributed by atoms with Crippen LogP contribution in [0.5, 0.6) is 5.75 Å². The molecule has 0 spiro atoms. The van der Waals surface area contributed by atoms with E-state index in [0.29, 0.717) is 49.1 Å². The fourth-order valence-electron chi connectivity index (χ4n) is 4.77. The summed E-state index contributed by atoms with van der Waals surface area (Å²) < 4.78 is 13.1. The van der Waals surface area contributed by atoms with E-state index in [1.807, 2.05) is 62.4 Å². The zero-order valence-corrected chi connectivity index (χ0v) is 22.0. The van der Waals surface area contributed by atoms with Gasteiger partial charge in [0.05, 0.1) is 13.2 Å². The van der Waals surface area contributed by atoms with Gasteiger partial charge < -0.3 is 20.2 Å². The molecule has 10 heteroatoms. The quantitative estimate of drug-likeness (QED) is 0.333. The Bertz CT molecular complexity index is 1500. The maximum Gasteiger partial charge on any atom is 0.410 e. The van der Waals surface area contributed by atoms with E-state index in [4.69, 9.17) is 32.1 Å². The third-order valence-corrected chi connectivity index (χ3v) is 6.79. The SMILES string of the molecule is CC(C)COC(=O)N1CCc2c([nH]c3ccc(Cl)cc23)C1c1ccc(OCCn2cc(C#N)c(N)n2)cc1. The highest BCUT2D eigenvalue weighted by Gasteiger charge is 2.35. The average Bonchev–Trinajstić information content (AvgIpc) is 3.46. The summed E-state index contributed by atoms with van der Waals surface area (Å²) in [5, 5.41) is 14.9. The van der Waals surface area contributed by atoms with Gasteiger partial charge in [-0.05, 0) is 53.8 Å². The van der Waals surface area contributed by atoms with Crippen molar-refractivity contribution in [3.05, 3.63) is 76.1 Å². The van der Waals surface area contributed by atoms with Gasteiger partial charge >= 0.3 is 6.09 Å². The number of aromatic amines is 1. The molecule has 1 aliphatic heterocycles. The molecule has 5 rings (SSSR count). The number of carbonyl (C=O) groups excluding carboxylic acids is 1. The highest BCUT2D eigenvalue weighted by Crippen LogP contribution is 2.39. The van der Waals surface area contributed by atoms with Crippen LogP contribution in [0.2, 0.25) is 5.02 Å². The number of benzene rings is 2. The average molecular weight is 533 g/mol. The highest BCUT2D eigenvalue weighted by atomic mass is 35.5. The number of halogens is 1. The molecule has 3 heterocycles. The first kappa shape index (κ1) is 25.5. The van der Waals surface area contributed by atoms with Gasteiger partial charge in [-0.1, -0.05) is 37.6 Å². The number of H-pyrrole nitrogens is 1. The van der Waals surface area contributed by atoms with Crippen molar-refractivity contribution in [2.75, 3.05) is 25.5 Å². The number of carbonyl (C=O) groups is 1. The third-order valence-electron chi connectivity index (χ3n) is 6.56. The van der Waals surface area contributed by atoms with Crippen LogP contribution in [0.25, 0.3) is 10.9 Å². The summed E-state index contributed by atoms with van der Waals surface area (Å²) in [7, 11) is 0. The lowest BCUT2D eigenvalue weighted by molar-refractivity contribution is 0.0797. The molecule has 0 fully saturated rings. The number of nitrogens with zero attached hydrogens (tertiary/aromatic N) is 4. The molecule has 9 nitrogen and oxygen atoms in total. The van der Waals surface area contributed by atoms with E-state index in [9.17, 15) is 4.79 Å². The highest BCUT2D eigenvalue weighted by molar-refractivity contribution is 6.31. The van der Waals surface area contributed by atoms with Crippen LogP contribution in [-0.4, -0.2) is 45.5 Å². The van der Waals surface area contributed by atoms with E-state index in [1.54, 1.807) is 15.8 Å². The Morgan fingerprint density at radius 1 is 1.29 bits per heavy atom. The summed E-state index contributed by atoms with van der Waals surface area (Å²) in [5.41, 5.74) is 10.1. The molecule has 3 N–H and O–H groups in total. The standard InChI is InChI=1S/C28H29ClN6O3/c1-17(2)16-38-28(36)35-10-9-22-23-13-20(29)5-8-24(23)32-25(22)26(35)18-3-6-21(7-4-18)37-12-11-34-15-19(14-30)27(31)33-34/h3-8,13,15,17,26,32H,9-12,16H2,1-2H3,(H2,31,33). The second-order valence-electron chi connectivity index (χ2n) is 9.74. The Labute approximate surface area is 225 Å². The minimum atomic E-state index is -0.338. The number of hydrogen-bond donors (Lipinski definition) is 2. The molecule has 1 amide bonds. The van der Waals surface area contributed by atoms with Crippen molar-refractivity contribution < 1.29 is 14.3 Å². The number of amides is 1. The van der Waals surface area contributed by atoms with E-state index >= 15 is 0 Å². The maximum absolute atomic E-state index is 13.2. The minimum absolute atomic E-state index is 0.208. The molecule has 2 aromatic heterocycles. The van der Waals surface area contributed by atoms with Gasteiger partial charge in [-0.2, -0.15) is 10.4 Å². The van der Waals surface area contributed by atoms with Crippen LogP contribution in [0.1, 0.15) is 42.3 Å². The van der Waals surface area contributed by atoms with E-state index in [1.165, 1.54) is 0 Å². The molecule has 1 atom stereocenters. The number of nitrogens with two attached hydrogens (primary N) is 1. The van der Waals surface area contributed by atoms with E-state index in [0.717, 1.165) is 27.7 Å². The number of rotatable bonds is 7. The van der Waals surface area contributed by atoms with Crippen LogP contribution < -0.4 is 10.5 Å². The van der Waals surface area contributed by atoms with Gasteiger partial charge in [0.15, 0.2) is 5.82 Å². The van der Waals surface area contributed by atoms with Crippen LogP contribution in [0.4, 0.5) is 10.6 Å². The number of anilines is 1. The molecule has 0 saturated heterocycles. The molecule has 0 saturated carbocycles. The first-order chi connectivity index (χ1) is 18.3. The second kappa shape index (κ2) is 10.7. The Kier molecular flexibility index (Phi) is 7.16. The number of hydrogen-bond acceptors (Lipinski definition) is 6. The molecule has 4 aromatic rings. The third kappa shape index (κ3) is 5.13. The molecule has 196 valence electrons. The second-order valence-corrected chi connectivity index (χ2v) is 10.2. The van der Waals surface area contributed by atoms with Gasteiger partial charge in [-0.15, -0.1) is 0 Å². The number of ether oxygens (including phenoxy) is 2. The first-order valence-corrected chi connectivity index (χ1v) is 12.9. The number of nitrogens with one attached hydrogen (secondary N) is 1. The number of aromatic nitrogens is 3. The number of fused-ring (bicyclic) bond motifs is 3. The van der Waals surface area contributed by atoms with Crippen LogP contribution in [0.15, 0.2) is 48.7 Å². The molecule has 0 radical (unpaired) electrons. The molecule has 0 aliphatic carbocycles. The van der Waals surface area contributed by atoms with Crippen molar-refractivity contribution >= 4 is 34.4 Å². The largest absolute Gasteiger partial charge is 0.492 e. The van der Waals surface area contributed by atoms with Gasteiger partial charge in [0, 0.05) is 34.4 Å². The van der Waals surface area contributed by atoms with Gasteiger partial charge in [0.1, 0.15) is 30.0 Å². The number of nitrogen functional groups attached to an aromatic ring is 1. The number of nitriles is 1. The monoisotopic (exact) mass is 532 g/mol. The van der Waals surface area contributed by atoms with E-state index in [-0.39, 0.29) is 23.9 Å². The van der Waals surface area contributed by atoms with Crippen molar-refractivity contribution in [1.29, 1.82) is 5.26 Å². The predicted octanol–water partition coefficient (Wildman–Crippen LogP) is 5.29. The zero-order chi connectivity index (χ0) is 26.8. The summed E-state index contributed by atoms with van der Waals surface area (Å²) >= 11 is 6.30. The van der Waals surface area contributed by atoms with Crippen molar-refractivity contribution in [2.45, 2.75) is 32.9 Å². The summed E-state index contributed by atoms with van der Waals surface area (Å²) in [5.74, 6) is 1.14. The molecule has 38 heavy (non-hydrogen) atoms. The Morgan fingerprint density at radius 2 is 2.08 bits per heavy atom. The summed E-state index contributed by atoms with van der Waals surface area (Å²) in [6, 6.07) is 15.2. The summed E-state index contributed by atoms with van der Waals surface area (Å²) in [4.78, 5) is 18.5. The molecule has 0 bridgehead atoms. The van der Waals surface area contributed by atoms with Gasteiger partial charge in [-0.3, -0.25) is 9.58 Å². The normalized spacial score (nSPS) is 14.9. The lowest BCUT2D eigenvalue weighted by Crippen LogP contribution is -2.41. The van der Waals surface area contributed by atoms with Gasteiger partial charge in [0.2, 0.25) is 0 Å². The van der Waals surface area contributed by atoms with Crippen LogP contribution in [-0.2, 0) is 17.7 Å². The Hall–Kier alpha value is -4.16. The summed E-state index contributed by atoms with van der Waals surface area (Å²) in [6.07, 6.45) is 1.97. The van der Waals surface area contributed by atoms with Gasteiger partial charge in [0.25, 0.3) is 0 Å². The van der Waals surface area contributed by atoms with Gasteiger partial charge in [-0.25, -0.2) is 4.79 Å². The molecule has 1 unspecified atom stereocenters. The fraction of sp³-hybridized carbons (Fsp3) is 0.321. The smallest absolute Gasteiger partial charge is 0.410 e.